The molecule has 2 N–H and O–H groups in total. The molecule has 8 heteroatoms. The van der Waals surface area contributed by atoms with Gasteiger partial charge in [0.2, 0.25) is 5.95 Å². The Balaban J connectivity index is 1.40. The van der Waals surface area contributed by atoms with Crippen LogP contribution in [0.15, 0.2) is 102 Å². The number of benzene rings is 3. The fourth-order valence-corrected chi connectivity index (χ4v) is 4.67. The fourth-order valence-electron chi connectivity index (χ4n) is 3.58. The molecule has 2 heterocycles. The Hall–Kier alpha value is -4.30. The summed E-state index contributed by atoms with van der Waals surface area (Å²) < 4.78 is 28.8. The normalized spacial score (nSPS) is 11.3. The lowest BCUT2D eigenvalue weighted by Gasteiger charge is -2.13. The Bertz CT molecular complexity index is 1590. The first-order chi connectivity index (χ1) is 16.5. The van der Waals surface area contributed by atoms with Crippen molar-refractivity contribution in [2.45, 2.75) is 11.8 Å². The van der Waals surface area contributed by atoms with Gasteiger partial charge < -0.3 is 5.32 Å². The summed E-state index contributed by atoms with van der Waals surface area (Å²) in [6, 6.07) is 23.6. The molecule has 5 rings (SSSR count). The quantitative estimate of drug-likeness (QED) is 0.340. The van der Waals surface area contributed by atoms with Gasteiger partial charge in [-0.2, -0.15) is 0 Å². The number of pyridine rings is 1. The summed E-state index contributed by atoms with van der Waals surface area (Å²) in [6.07, 6.45) is 5.11. The number of anilines is 3. The smallest absolute Gasteiger partial charge is 0.261 e. The SMILES string of the molecule is Cc1ccc(NS(=O)(=O)c2ccc3ccccc3c2)cc1Nc1nccc(-c2cccnc2)n1. The zero-order valence-electron chi connectivity index (χ0n) is 18.3. The summed E-state index contributed by atoms with van der Waals surface area (Å²) in [5.74, 6) is 0.402. The van der Waals surface area contributed by atoms with Crippen LogP contribution in [0.1, 0.15) is 5.56 Å². The minimum absolute atomic E-state index is 0.203. The molecule has 3 aromatic carbocycles. The van der Waals surface area contributed by atoms with E-state index in [9.17, 15) is 8.42 Å². The van der Waals surface area contributed by atoms with Gasteiger partial charge in [-0.1, -0.05) is 36.4 Å². The summed E-state index contributed by atoms with van der Waals surface area (Å²) in [6.45, 7) is 1.93. The zero-order chi connectivity index (χ0) is 23.5. The Morgan fingerprint density at radius 1 is 0.824 bits per heavy atom. The summed E-state index contributed by atoms with van der Waals surface area (Å²) in [4.78, 5) is 13.2. The molecule has 0 unspecified atom stereocenters. The molecule has 0 atom stereocenters. The van der Waals surface area contributed by atoms with Crippen molar-refractivity contribution in [2.75, 3.05) is 10.0 Å². The molecule has 0 aliphatic carbocycles. The lowest BCUT2D eigenvalue weighted by molar-refractivity contribution is 0.601. The van der Waals surface area contributed by atoms with E-state index in [-0.39, 0.29) is 4.90 Å². The molecule has 0 aliphatic heterocycles. The number of nitrogens with zero attached hydrogens (tertiary/aromatic N) is 3. The number of rotatable bonds is 6. The van der Waals surface area contributed by atoms with E-state index in [4.69, 9.17) is 0 Å². The predicted octanol–water partition coefficient (Wildman–Crippen LogP) is 5.54. The number of hydrogen-bond acceptors (Lipinski definition) is 6. The Morgan fingerprint density at radius 2 is 1.68 bits per heavy atom. The molecule has 0 radical (unpaired) electrons. The van der Waals surface area contributed by atoms with Crippen LogP contribution in [-0.4, -0.2) is 23.4 Å². The molecular formula is C26H21N5O2S. The molecule has 0 spiro atoms. The van der Waals surface area contributed by atoms with Gasteiger partial charge in [-0.15, -0.1) is 0 Å². The lowest BCUT2D eigenvalue weighted by Crippen LogP contribution is -2.13. The van der Waals surface area contributed by atoms with Crippen LogP contribution in [0.3, 0.4) is 0 Å². The van der Waals surface area contributed by atoms with Gasteiger partial charge in [-0.05, 0) is 65.7 Å². The van der Waals surface area contributed by atoms with Crippen LogP contribution >= 0.6 is 0 Å². The van der Waals surface area contributed by atoms with E-state index in [1.807, 2.05) is 55.5 Å². The molecule has 2 aromatic heterocycles. The van der Waals surface area contributed by atoms with Gasteiger partial charge in [0.05, 0.1) is 16.3 Å². The van der Waals surface area contributed by atoms with E-state index in [1.54, 1.807) is 48.9 Å². The van der Waals surface area contributed by atoms with Crippen LogP contribution in [0.5, 0.6) is 0 Å². The summed E-state index contributed by atoms with van der Waals surface area (Å²) in [5.41, 5.74) is 3.66. The van der Waals surface area contributed by atoms with Crippen LogP contribution in [0, 0.1) is 6.92 Å². The van der Waals surface area contributed by atoms with Crippen molar-refractivity contribution in [2.24, 2.45) is 0 Å². The van der Waals surface area contributed by atoms with E-state index in [0.717, 1.165) is 27.6 Å². The minimum atomic E-state index is -3.77. The highest BCUT2D eigenvalue weighted by molar-refractivity contribution is 7.92. The maximum Gasteiger partial charge on any atom is 0.261 e. The molecule has 0 fully saturated rings. The standard InChI is InChI=1S/C26H21N5O2S/c1-18-8-10-22(31-34(32,33)23-11-9-19-5-2-3-6-20(19)15-23)16-25(18)30-26-28-14-12-24(29-26)21-7-4-13-27-17-21/h2-17,31H,1H3,(H,28,29,30). The topological polar surface area (TPSA) is 96.9 Å². The van der Waals surface area contributed by atoms with Crippen LogP contribution in [0.2, 0.25) is 0 Å². The maximum atomic E-state index is 13.0. The summed E-state index contributed by atoms with van der Waals surface area (Å²) in [7, 11) is -3.77. The summed E-state index contributed by atoms with van der Waals surface area (Å²) in [5, 5.41) is 5.04. The van der Waals surface area contributed by atoms with Crippen LogP contribution in [0.25, 0.3) is 22.0 Å². The van der Waals surface area contributed by atoms with Gasteiger partial charge in [0, 0.05) is 29.8 Å². The zero-order valence-corrected chi connectivity index (χ0v) is 19.1. The van der Waals surface area contributed by atoms with Crippen molar-refractivity contribution in [3.63, 3.8) is 0 Å². The van der Waals surface area contributed by atoms with Gasteiger partial charge in [0.1, 0.15) is 0 Å². The number of aryl methyl sites for hydroxylation is 1. The van der Waals surface area contributed by atoms with Gasteiger partial charge >= 0.3 is 0 Å². The Kier molecular flexibility index (Phi) is 5.65. The van der Waals surface area contributed by atoms with E-state index in [2.05, 4.69) is 25.0 Å². The lowest BCUT2D eigenvalue weighted by atomic mass is 10.1. The molecule has 0 saturated heterocycles. The third kappa shape index (κ3) is 4.57. The number of fused-ring (bicyclic) bond motifs is 1. The molecule has 34 heavy (non-hydrogen) atoms. The third-order valence-electron chi connectivity index (χ3n) is 5.38. The monoisotopic (exact) mass is 467 g/mol. The first-order valence-corrected chi connectivity index (χ1v) is 12.1. The molecule has 168 valence electrons. The van der Waals surface area contributed by atoms with Crippen molar-refractivity contribution in [3.8, 4) is 11.3 Å². The number of aromatic nitrogens is 3. The average molecular weight is 468 g/mol. The highest BCUT2D eigenvalue weighted by Crippen LogP contribution is 2.27. The van der Waals surface area contributed by atoms with Crippen molar-refractivity contribution < 1.29 is 8.42 Å². The second-order valence-corrected chi connectivity index (χ2v) is 9.46. The van der Waals surface area contributed by atoms with Crippen molar-refractivity contribution in [1.82, 2.24) is 15.0 Å². The maximum absolute atomic E-state index is 13.0. The molecular weight excluding hydrogens is 446 g/mol. The number of sulfonamides is 1. The van der Waals surface area contributed by atoms with Crippen LogP contribution in [0.4, 0.5) is 17.3 Å². The van der Waals surface area contributed by atoms with Gasteiger partial charge in [-0.25, -0.2) is 18.4 Å². The van der Waals surface area contributed by atoms with E-state index in [1.165, 1.54) is 0 Å². The first-order valence-electron chi connectivity index (χ1n) is 10.6. The first kappa shape index (κ1) is 21.5. The number of hydrogen-bond donors (Lipinski definition) is 2. The fraction of sp³-hybridized carbons (Fsp3) is 0.0385. The summed E-state index contributed by atoms with van der Waals surface area (Å²) >= 11 is 0. The highest BCUT2D eigenvalue weighted by Gasteiger charge is 2.16. The second kappa shape index (κ2) is 8.92. The third-order valence-corrected chi connectivity index (χ3v) is 6.76. The van der Waals surface area contributed by atoms with Gasteiger partial charge in [-0.3, -0.25) is 9.71 Å². The van der Waals surface area contributed by atoms with Crippen molar-refractivity contribution >= 4 is 38.1 Å². The van der Waals surface area contributed by atoms with Crippen LogP contribution < -0.4 is 10.0 Å². The average Bonchev–Trinajstić information content (AvgIpc) is 2.86. The largest absolute Gasteiger partial charge is 0.324 e. The Labute approximate surface area is 197 Å². The van der Waals surface area contributed by atoms with Gasteiger partial charge in [0.15, 0.2) is 0 Å². The van der Waals surface area contributed by atoms with E-state index in [0.29, 0.717) is 17.3 Å². The van der Waals surface area contributed by atoms with Crippen molar-refractivity contribution in [3.05, 3.63) is 103 Å². The number of nitrogens with one attached hydrogen (secondary N) is 2. The second-order valence-electron chi connectivity index (χ2n) is 7.78. The molecule has 5 aromatic rings. The molecule has 0 saturated carbocycles. The van der Waals surface area contributed by atoms with Crippen molar-refractivity contribution in [1.29, 1.82) is 0 Å². The van der Waals surface area contributed by atoms with Gasteiger partial charge in [0.25, 0.3) is 10.0 Å². The molecule has 0 aliphatic rings. The molecule has 0 bridgehead atoms. The highest BCUT2D eigenvalue weighted by atomic mass is 32.2. The van der Waals surface area contributed by atoms with E-state index < -0.39 is 10.0 Å². The Morgan fingerprint density at radius 3 is 2.50 bits per heavy atom. The van der Waals surface area contributed by atoms with Crippen LogP contribution in [-0.2, 0) is 10.0 Å². The minimum Gasteiger partial charge on any atom is -0.324 e. The molecule has 0 amide bonds. The van der Waals surface area contributed by atoms with E-state index >= 15 is 0 Å². The predicted molar refractivity (Wildman–Crippen MR) is 134 cm³/mol. The molecule has 7 nitrogen and oxygen atoms in total.